The summed E-state index contributed by atoms with van der Waals surface area (Å²) in [7, 11) is 0. The van der Waals surface area contributed by atoms with E-state index in [1.165, 1.54) is 11.1 Å². The number of rotatable bonds is 10. The zero-order valence-electron chi connectivity index (χ0n) is 26.3. The number of hydrogen-bond donors (Lipinski definition) is 1. The van der Waals surface area contributed by atoms with Gasteiger partial charge in [-0.05, 0) is 75.9 Å². The van der Waals surface area contributed by atoms with Crippen LogP contribution in [0.4, 0.5) is 0 Å². The molecule has 5 rings (SSSR count). The molecule has 1 fully saturated rings. The summed E-state index contributed by atoms with van der Waals surface area (Å²) in [5, 5.41) is 13.0. The zero-order chi connectivity index (χ0) is 31.8. The lowest BCUT2D eigenvalue weighted by Crippen LogP contribution is -2.43. The van der Waals surface area contributed by atoms with Gasteiger partial charge in [-0.3, -0.25) is 0 Å². The Morgan fingerprint density at radius 3 is 1.93 bits per heavy atom. The molecule has 2 aliphatic heterocycles. The number of nitrogens with one attached hydrogen (secondary N) is 1. The fraction of sp³-hybridized carbons (Fsp3) is 0.342. The summed E-state index contributed by atoms with van der Waals surface area (Å²) in [6.07, 6.45) is 2.72. The molecule has 1 atom stereocenters. The average molecular weight is 604 g/mol. The summed E-state index contributed by atoms with van der Waals surface area (Å²) >= 11 is 0. The van der Waals surface area contributed by atoms with Gasteiger partial charge in [-0.25, -0.2) is 9.59 Å². The van der Waals surface area contributed by atoms with Crippen molar-refractivity contribution in [3.63, 3.8) is 0 Å². The smallest absolute Gasteiger partial charge is 0.336 e. The van der Waals surface area contributed by atoms with Crippen LogP contribution in [-0.2, 0) is 24.5 Å². The lowest BCUT2D eigenvalue weighted by Gasteiger charge is -2.43. The van der Waals surface area contributed by atoms with Gasteiger partial charge in [0, 0.05) is 23.4 Å². The molecule has 0 aliphatic carbocycles. The highest BCUT2D eigenvalue weighted by molar-refractivity contribution is 6.00. The summed E-state index contributed by atoms with van der Waals surface area (Å²) in [6.45, 7) is 8.48. The number of benzene rings is 3. The highest BCUT2D eigenvalue weighted by atomic mass is 16.5. The topological polar surface area (TPSA) is 91.7 Å². The molecule has 232 valence electrons. The average Bonchev–Trinajstić information content (AvgIpc) is 3.07. The number of hydrogen-bond acceptors (Lipinski definition) is 7. The Labute approximate surface area is 266 Å². The first-order valence-corrected chi connectivity index (χ1v) is 15.7. The molecule has 0 radical (unpaired) electrons. The molecular formula is C38H41N3O4. The molecule has 2 aliphatic rings. The van der Waals surface area contributed by atoms with Crippen LogP contribution in [0.25, 0.3) is 0 Å². The molecule has 3 aromatic carbocycles. The summed E-state index contributed by atoms with van der Waals surface area (Å²) in [5.74, 6) is -1.80. The Morgan fingerprint density at radius 1 is 0.844 bits per heavy atom. The van der Waals surface area contributed by atoms with Crippen molar-refractivity contribution in [2.75, 3.05) is 32.8 Å². The number of ether oxygens (including phenoxy) is 2. The molecule has 3 aromatic rings. The Bertz CT molecular complexity index is 1570. The molecule has 0 unspecified atom stereocenters. The Balaban J connectivity index is 1.25. The van der Waals surface area contributed by atoms with E-state index >= 15 is 0 Å². The predicted octanol–water partition coefficient (Wildman–Crippen LogP) is 6.37. The van der Waals surface area contributed by atoms with E-state index in [2.05, 4.69) is 76.9 Å². The third-order valence-electron chi connectivity index (χ3n) is 9.08. The first-order valence-electron chi connectivity index (χ1n) is 15.7. The van der Waals surface area contributed by atoms with Crippen LogP contribution in [0.3, 0.4) is 0 Å². The van der Waals surface area contributed by atoms with Gasteiger partial charge in [0.15, 0.2) is 0 Å². The Morgan fingerprint density at radius 2 is 1.38 bits per heavy atom. The van der Waals surface area contributed by atoms with Gasteiger partial charge in [0.25, 0.3) is 0 Å². The van der Waals surface area contributed by atoms with E-state index in [0.717, 1.165) is 32.5 Å². The number of carbonyl (C=O) groups excluding carboxylic acids is 2. The standard InChI is InChI=1S/C38H41N3O4/c1-4-44-36(42)33-27(2)40-28(3)34(35(33)32-19-12-11-14-29(32)26-39)37(43)45-25-13-22-41-23-20-38(21-24-41,30-15-7-5-8-16-30)31-17-9-6-10-18-31/h5-12,14-19,35,40H,4,13,20-25H2,1-3H3/t35-/m1/s1. The monoisotopic (exact) mass is 603 g/mol. The number of likely N-dealkylation sites (tertiary alicyclic amines) is 1. The molecule has 0 aromatic heterocycles. The van der Waals surface area contributed by atoms with Gasteiger partial charge in [0.2, 0.25) is 0 Å². The van der Waals surface area contributed by atoms with Gasteiger partial charge >= 0.3 is 11.9 Å². The fourth-order valence-electron chi connectivity index (χ4n) is 6.85. The van der Waals surface area contributed by atoms with Crippen LogP contribution in [0, 0.1) is 11.3 Å². The number of piperidine rings is 1. The quantitative estimate of drug-likeness (QED) is 0.213. The van der Waals surface area contributed by atoms with Crippen molar-refractivity contribution in [2.45, 2.75) is 51.4 Å². The van der Waals surface area contributed by atoms with Crippen molar-refractivity contribution < 1.29 is 19.1 Å². The third-order valence-corrected chi connectivity index (χ3v) is 9.08. The highest BCUT2D eigenvalue weighted by Gasteiger charge is 2.40. The lowest BCUT2D eigenvalue weighted by molar-refractivity contribution is -0.140. The maximum absolute atomic E-state index is 13.7. The van der Waals surface area contributed by atoms with E-state index in [0.29, 0.717) is 40.1 Å². The van der Waals surface area contributed by atoms with E-state index in [-0.39, 0.29) is 18.6 Å². The first kappa shape index (κ1) is 31.7. The molecule has 2 heterocycles. The largest absolute Gasteiger partial charge is 0.463 e. The van der Waals surface area contributed by atoms with Gasteiger partial charge in [-0.15, -0.1) is 0 Å². The van der Waals surface area contributed by atoms with Crippen molar-refractivity contribution in [1.29, 1.82) is 5.26 Å². The van der Waals surface area contributed by atoms with Crippen molar-refractivity contribution >= 4 is 11.9 Å². The van der Waals surface area contributed by atoms with Crippen LogP contribution in [-0.4, -0.2) is 49.7 Å². The highest BCUT2D eigenvalue weighted by Crippen LogP contribution is 2.42. The molecule has 1 N–H and O–H groups in total. The minimum absolute atomic E-state index is 0.0134. The predicted molar refractivity (Wildman–Crippen MR) is 174 cm³/mol. The van der Waals surface area contributed by atoms with E-state index < -0.39 is 17.9 Å². The summed E-state index contributed by atoms with van der Waals surface area (Å²) in [5.41, 5.74) is 5.48. The molecule has 45 heavy (non-hydrogen) atoms. The van der Waals surface area contributed by atoms with E-state index in [9.17, 15) is 14.9 Å². The number of allylic oxidation sites excluding steroid dienone is 2. The molecule has 0 amide bonds. The Kier molecular flexibility index (Phi) is 10.2. The number of esters is 2. The van der Waals surface area contributed by atoms with Gasteiger partial charge in [-0.1, -0.05) is 78.9 Å². The summed E-state index contributed by atoms with van der Waals surface area (Å²) in [4.78, 5) is 29.3. The molecule has 1 saturated heterocycles. The van der Waals surface area contributed by atoms with Gasteiger partial charge in [0.1, 0.15) is 0 Å². The summed E-state index contributed by atoms with van der Waals surface area (Å²) < 4.78 is 11.2. The SMILES string of the molecule is CCOC(=O)C1=C(C)NC(C)=C(C(=O)OCCCN2CCC(c3ccccc3)(c3ccccc3)CC2)[C@@H]1c1ccccc1C#N. The molecule has 7 nitrogen and oxygen atoms in total. The molecule has 0 saturated carbocycles. The first-order chi connectivity index (χ1) is 21.9. The maximum Gasteiger partial charge on any atom is 0.336 e. The minimum Gasteiger partial charge on any atom is -0.463 e. The normalized spacial score (nSPS) is 18.1. The van der Waals surface area contributed by atoms with E-state index in [4.69, 9.17) is 9.47 Å². The second-order valence-corrected chi connectivity index (χ2v) is 11.7. The minimum atomic E-state index is -0.778. The number of nitriles is 1. The van der Waals surface area contributed by atoms with Crippen molar-refractivity contribution in [1.82, 2.24) is 10.2 Å². The number of carbonyl (C=O) groups is 2. The molecule has 7 heteroatoms. The lowest BCUT2D eigenvalue weighted by atomic mass is 9.68. The van der Waals surface area contributed by atoms with Gasteiger partial charge < -0.3 is 19.7 Å². The van der Waals surface area contributed by atoms with Crippen LogP contribution in [0.15, 0.2) is 107 Å². The maximum atomic E-state index is 13.7. The fourth-order valence-corrected chi connectivity index (χ4v) is 6.85. The molecular weight excluding hydrogens is 562 g/mol. The van der Waals surface area contributed by atoms with Crippen LogP contribution in [0.2, 0.25) is 0 Å². The van der Waals surface area contributed by atoms with E-state index in [1.807, 2.05) is 0 Å². The molecule has 0 spiro atoms. The number of dihydropyridines is 1. The third kappa shape index (κ3) is 6.72. The second kappa shape index (κ2) is 14.4. The second-order valence-electron chi connectivity index (χ2n) is 11.7. The van der Waals surface area contributed by atoms with Gasteiger partial charge in [0.05, 0.1) is 41.9 Å². The van der Waals surface area contributed by atoms with Crippen molar-refractivity contribution in [2.24, 2.45) is 0 Å². The van der Waals surface area contributed by atoms with Crippen LogP contribution < -0.4 is 5.32 Å². The van der Waals surface area contributed by atoms with Crippen molar-refractivity contribution in [3.05, 3.63) is 130 Å². The van der Waals surface area contributed by atoms with E-state index in [1.54, 1.807) is 45.0 Å². The number of nitrogens with zero attached hydrogens (tertiary/aromatic N) is 2. The van der Waals surface area contributed by atoms with Crippen LogP contribution >= 0.6 is 0 Å². The van der Waals surface area contributed by atoms with Crippen LogP contribution in [0.5, 0.6) is 0 Å². The van der Waals surface area contributed by atoms with Crippen molar-refractivity contribution in [3.8, 4) is 6.07 Å². The van der Waals surface area contributed by atoms with Crippen LogP contribution in [0.1, 0.15) is 68.2 Å². The zero-order valence-corrected chi connectivity index (χ0v) is 26.3. The van der Waals surface area contributed by atoms with Gasteiger partial charge in [-0.2, -0.15) is 5.26 Å². The summed E-state index contributed by atoms with van der Waals surface area (Å²) in [6, 6.07) is 30.8. The Hall–Kier alpha value is -4.67. The molecule has 0 bridgehead atoms.